The van der Waals surface area contributed by atoms with Crippen molar-refractivity contribution in [2.24, 2.45) is 0 Å². The molecule has 0 aliphatic rings. The summed E-state index contributed by atoms with van der Waals surface area (Å²) in [5, 5.41) is 3.34. The summed E-state index contributed by atoms with van der Waals surface area (Å²) in [4.78, 5) is 12.8. The van der Waals surface area contributed by atoms with E-state index < -0.39 is 15.9 Å². The molecule has 1 unspecified atom stereocenters. The largest absolute Gasteiger partial charge is 0.348 e. The van der Waals surface area contributed by atoms with Crippen molar-refractivity contribution in [1.29, 1.82) is 0 Å². The van der Waals surface area contributed by atoms with Crippen molar-refractivity contribution < 1.29 is 13.2 Å². The molecule has 1 atom stereocenters. The van der Waals surface area contributed by atoms with Crippen molar-refractivity contribution >= 4 is 33.2 Å². The lowest BCUT2D eigenvalue weighted by atomic mass is 10.1. The van der Waals surface area contributed by atoms with Gasteiger partial charge in [0.2, 0.25) is 5.91 Å². The zero-order valence-electron chi connectivity index (χ0n) is 15.8. The normalized spacial score (nSPS) is 12.2. The van der Waals surface area contributed by atoms with Crippen LogP contribution in [0.4, 0.5) is 5.69 Å². The second kappa shape index (κ2) is 9.11. The number of nitrogens with zero attached hydrogens (tertiary/aromatic N) is 1. The Balaban J connectivity index is 1.87. The van der Waals surface area contributed by atoms with E-state index in [9.17, 15) is 13.2 Å². The molecule has 0 spiro atoms. The highest BCUT2D eigenvalue weighted by molar-refractivity contribution is 7.92. The van der Waals surface area contributed by atoms with Crippen molar-refractivity contribution in [3.05, 3.63) is 95.5 Å². The van der Waals surface area contributed by atoms with Gasteiger partial charge in [0.05, 0.1) is 16.6 Å². The lowest BCUT2D eigenvalue weighted by Crippen LogP contribution is -2.41. The zero-order valence-corrected chi connectivity index (χ0v) is 17.4. The molecule has 0 fully saturated rings. The Morgan fingerprint density at radius 1 is 0.931 bits per heavy atom. The number of amides is 1. The van der Waals surface area contributed by atoms with Gasteiger partial charge in [-0.05, 0) is 48.9 Å². The molecule has 0 radical (unpaired) electrons. The van der Waals surface area contributed by atoms with Gasteiger partial charge in [-0.2, -0.15) is 0 Å². The van der Waals surface area contributed by atoms with Crippen molar-refractivity contribution in [2.45, 2.75) is 17.9 Å². The van der Waals surface area contributed by atoms with Gasteiger partial charge in [-0.25, -0.2) is 8.42 Å². The third kappa shape index (κ3) is 5.16. The summed E-state index contributed by atoms with van der Waals surface area (Å²) in [6.45, 7) is 1.50. The zero-order chi connectivity index (χ0) is 20.9. The highest BCUT2D eigenvalue weighted by atomic mass is 35.5. The molecule has 29 heavy (non-hydrogen) atoms. The smallest absolute Gasteiger partial charge is 0.264 e. The Hall–Kier alpha value is -2.83. The molecule has 5 nitrogen and oxygen atoms in total. The number of carbonyl (C=O) groups excluding carboxylic acids is 1. The van der Waals surface area contributed by atoms with Gasteiger partial charge >= 0.3 is 0 Å². The summed E-state index contributed by atoms with van der Waals surface area (Å²) in [7, 11) is -3.93. The van der Waals surface area contributed by atoms with Crippen LogP contribution in [-0.2, 0) is 14.8 Å². The molecule has 3 aromatic rings. The number of nitrogens with one attached hydrogen (secondary N) is 1. The SMILES string of the molecule is CC(NC(=O)CN(c1ccc(Cl)cc1)S(=O)(=O)c1ccccc1)c1ccccc1. The monoisotopic (exact) mass is 428 g/mol. The Morgan fingerprint density at radius 3 is 2.07 bits per heavy atom. The maximum absolute atomic E-state index is 13.2. The summed E-state index contributed by atoms with van der Waals surface area (Å²) in [6.07, 6.45) is 0. The predicted molar refractivity (Wildman–Crippen MR) is 115 cm³/mol. The lowest BCUT2D eigenvalue weighted by molar-refractivity contribution is -0.120. The number of hydrogen-bond donors (Lipinski definition) is 1. The molecule has 0 saturated carbocycles. The summed E-state index contributed by atoms with van der Waals surface area (Å²) in [5.41, 5.74) is 1.30. The average Bonchev–Trinajstić information content (AvgIpc) is 2.74. The maximum atomic E-state index is 13.2. The lowest BCUT2D eigenvalue weighted by Gasteiger charge is -2.25. The molecule has 1 N–H and O–H groups in total. The van der Waals surface area contributed by atoms with E-state index in [1.165, 1.54) is 12.1 Å². The molecule has 3 rings (SSSR count). The van der Waals surface area contributed by atoms with Gasteiger partial charge in [0, 0.05) is 5.02 Å². The fourth-order valence-electron chi connectivity index (χ4n) is 2.88. The van der Waals surface area contributed by atoms with Gasteiger partial charge < -0.3 is 5.32 Å². The van der Waals surface area contributed by atoms with Gasteiger partial charge in [0.15, 0.2) is 0 Å². The summed E-state index contributed by atoms with van der Waals surface area (Å²) in [6, 6.07) is 23.6. The number of anilines is 1. The first kappa shape index (κ1) is 20.9. The van der Waals surface area contributed by atoms with E-state index in [1.54, 1.807) is 42.5 Å². The minimum absolute atomic E-state index is 0.110. The number of rotatable bonds is 7. The topological polar surface area (TPSA) is 66.5 Å². The number of hydrogen-bond acceptors (Lipinski definition) is 3. The van der Waals surface area contributed by atoms with Crippen LogP contribution >= 0.6 is 11.6 Å². The third-order valence-electron chi connectivity index (χ3n) is 4.41. The van der Waals surface area contributed by atoms with E-state index >= 15 is 0 Å². The van der Waals surface area contributed by atoms with Crippen LogP contribution in [0, 0.1) is 0 Å². The van der Waals surface area contributed by atoms with Crippen molar-refractivity contribution in [1.82, 2.24) is 5.32 Å². The summed E-state index contributed by atoms with van der Waals surface area (Å²) >= 11 is 5.94. The molecule has 0 aliphatic carbocycles. The van der Waals surface area contributed by atoms with Crippen LogP contribution in [0.1, 0.15) is 18.5 Å². The molecular weight excluding hydrogens is 408 g/mol. The van der Waals surface area contributed by atoms with Crippen LogP contribution in [-0.4, -0.2) is 20.9 Å². The standard InChI is InChI=1S/C22H21ClN2O3S/c1-17(18-8-4-2-5-9-18)24-22(26)16-25(20-14-12-19(23)13-15-20)29(27,28)21-10-6-3-7-11-21/h2-15,17H,16H2,1H3,(H,24,26). The van der Waals surface area contributed by atoms with Gasteiger partial charge in [0.25, 0.3) is 10.0 Å². The van der Waals surface area contributed by atoms with E-state index in [1.807, 2.05) is 37.3 Å². The second-order valence-corrected chi connectivity index (χ2v) is 8.80. The number of sulfonamides is 1. The summed E-state index contributed by atoms with van der Waals surface area (Å²) in [5.74, 6) is -0.407. The molecular formula is C22H21ClN2O3S. The Morgan fingerprint density at radius 2 is 1.48 bits per heavy atom. The van der Waals surface area contributed by atoms with Crippen LogP contribution in [0.25, 0.3) is 0 Å². The predicted octanol–water partition coefficient (Wildman–Crippen LogP) is 4.41. The minimum atomic E-state index is -3.93. The van der Waals surface area contributed by atoms with E-state index in [0.717, 1.165) is 9.87 Å². The number of carbonyl (C=O) groups is 1. The number of benzene rings is 3. The first-order valence-electron chi connectivity index (χ1n) is 9.05. The molecule has 0 heterocycles. The molecule has 1 amide bonds. The molecule has 0 aliphatic heterocycles. The molecule has 0 bridgehead atoms. The summed E-state index contributed by atoms with van der Waals surface area (Å²) < 4.78 is 27.5. The van der Waals surface area contributed by atoms with Crippen LogP contribution in [0.5, 0.6) is 0 Å². The fourth-order valence-corrected chi connectivity index (χ4v) is 4.45. The van der Waals surface area contributed by atoms with E-state index in [2.05, 4.69) is 5.32 Å². The van der Waals surface area contributed by atoms with Gasteiger partial charge in [-0.1, -0.05) is 60.1 Å². The molecule has 150 valence electrons. The van der Waals surface area contributed by atoms with E-state index in [4.69, 9.17) is 11.6 Å². The first-order chi connectivity index (χ1) is 13.9. The van der Waals surface area contributed by atoms with E-state index in [-0.39, 0.29) is 17.5 Å². The van der Waals surface area contributed by atoms with Crippen LogP contribution in [0.15, 0.2) is 89.8 Å². The minimum Gasteiger partial charge on any atom is -0.348 e. The van der Waals surface area contributed by atoms with Crippen LogP contribution < -0.4 is 9.62 Å². The highest BCUT2D eigenvalue weighted by Crippen LogP contribution is 2.25. The Bertz CT molecular complexity index is 1060. The highest BCUT2D eigenvalue weighted by Gasteiger charge is 2.27. The van der Waals surface area contributed by atoms with Gasteiger partial charge in [-0.3, -0.25) is 9.10 Å². The van der Waals surface area contributed by atoms with Gasteiger partial charge in [-0.15, -0.1) is 0 Å². The van der Waals surface area contributed by atoms with Crippen molar-refractivity contribution in [2.75, 3.05) is 10.8 Å². The quantitative estimate of drug-likeness (QED) is 0.606. The second-order valence-electron chi connectivity index (χ2n) is 6.50. The van der Waals surface area contributed by atoms with Crippen LogP contribution in [0.2, 0.25) is 5.02 Å². The van der Waals surface area contributed by atoms with E-state index in [0.29, 0.717) is 10.7 Å². The van der Waals surface area contributed by atoms with Crippen molar-refractivity contribution in [3.63, 3.8) is 0 Å². The maximum Gasteiger partial charge on any atom is 0.264 e. The van der Waals surface area contributed by atoms with Crippen LogP contribution in [0.3, 0.4) is 0 Å². The molecule has 3 aromatic carbocycles. The first-order valence-corrected chi connectivity index (χ1v) is 10.9. The van der Waals surface area contributed by atoms with Gasteiger partial charge in [0.1, 0.15) is 6.54 Å². The average molecular weight is 429 g/mol. The molecule has 0 aromatic heterocycles. The van der Waals surface area contributed by atoms with Crippen molar-refractivity contribution in [3.8, 4) is 0 Å². The molecule has 7 heteroatoms. The fraction of sp³-hybridized carbons (Fsp3) is 0.136. The molecule has 0 saturated heterocycles. The number of halogens is 1. The third-order valence-corrected chi connectivity index (χ3v) is 6.45. The Labute approximate surface area is 176 Å². The Kier molecular flexibility index (Phi) is 6.56.